The number of hydrogen-bond acceptors (Lipinski definition) is 2. The Kier molecular flexibility index (Phi) is 9.26. The quantitative estimate of drug-likeness (QED) is 0.379. The first-order valence-corrected chi connectivity index (χ1v) is 13.8. The third-order valence-electron chi connectivity index (χ3n) is 7.39. The van der Waals surface area contributed by atoms with Gasteiger partial charge in [0, 0.05) is 23.2 Å². The van der Waals surface area contributed by atoms with Crippen LogP contribution in [0.1, 0.15) is 78.5 Å². The smallest absolute Gasteiger partial charge is 0.251 e. The lowest BCUT2D eigenvalue weighted by Gasteiger charge is -2.34. The fourth-order valence-electron chi connectivity index (χ4n) is 5.37. The average Bonchev–Trinajstić information content (AvgIpc) is 2.85. The number of halogens is 4. The summed E-state index contributed by atoms with van der Waals surface area (Å²) in [6.07, 6.45) is 9.82. The zero-order valence-electron chi connectivity index (χ0n) is 19.5. The molecule has 188 valence electrons. The van der Waals surface area contributed by atoms with Crippen molar-refractivity contribution in [1.82, 2.24) is 10.6 Å². The zero-order valence-corrected chi connectivity index (χ0v) is 22.5. The first-order chi connectivity index (χ1) is 16.8. The molecule has 0 unspecified atom stereocenters. The second-order valence-corrected chi connectivity index (χ2v) is 11.5. The summed E-state index contributed by atoms with van der Waals surface area (Å²) in [6, 6.07) is 10.4. The lowest BCUT2D eigenvalue weighted by molar-refractivity contribution is 0.0917. The van der Waals surface area contributed by atoms with Crippen LogP contribution in [0.3, 0.4) is 0 Å². The number of carbonyl (C=O) groups excluding carboxylic acids is 2. The predicted molar refractivity (Wildman–Crippen MR) is 144 cm³/mol. The fraction of sp³-hybridized carbons (Fsp3) is 0.481. The molecule has 2 aliphatic carbocycles. The van der Waals surface area contributed by atoms with Crippen molar-refractivity contribution < 1.29 is 9.59 Å². The number of nitrogens with one attached hydrogen (secondary N) is 2. The maximum absolute atomic E-state index is 12.5. The minimum absolute atomic E-state index is 0.0896. The second kappa shape index (κ2) is 12.2. The SMILES string of the molecule is O=C(NC1CCC(CC2CCC(NC(=O)c3ccc(Cl)c(Cl)c3)CC2)CC1)c1ccc(Cl)c(Cl)c1. The Hall–Kier alpha value is -1.46. The maximum Gasteiger partial charge on any atom is 0.251 e. The first-order valence-electron chi connectivity index (χ1n) is 12.3. The van der Waals surface area contributed by atoms with Crippen LogP contribution in [-0.4, -0.2) is 23.9 Å². The van der Waals surface area contributed by atoms with Gasteiger partial charge in [0.2, 0.25) is 0 Å². The molecular formula is C27H30Cl4N2O2. The number of hydrogen-bond donors (Lipinski definition) is 2. The molecule has 2 fully saturated rings. The van der Waals surface area contributed by atoms with Crippen LogP contribution < -0.4 is 10.6 Å². The van der Waals surface area contributed by atoms with Crippen LogP contribution in [0.4, 0.5) is 0 Å². The topological polar surface area (TPSA) is 58.2 Å². The van der Waals surface area contributed by atoms with E-state index in [1.165, 1.54) is 6.42 Å². The van der Waals surface area contributed by atoms with Crippen molar-refractivity contribution in [2.24, 2.45) is 11.8 Å². The van der Waals surface area contributed by atoms with Crippen LogP contribution in [-0.2, 0) is 0 Å². The van der Waals surface area contributed by atoms with E-state index in [-0.39, 0.29) is 23.9 Å². The third-order valence-corrected chi connectivity index (χ3v) is 8.87. The normalized spacial score (nSPS) is 24.6. The summed E-state index contributed by atoms with van der Waals surface area (Å²) in [7, 11) is 0. The van der Waals surface area contributed by atoms with Crippen LogP contribution in [0.15, 0.2) is 36.4 Å². The van der Waals surface area contributed by atoms with Gasteiger partial charge in [-0.05, 0) is 106 Å². The molecule has 2 aromatic rings. The lowest BCUT2D eigenvalue weighted by Crippen LogP contribution is -2.39. The largest absolute Gasteiger partial charge is 0.349 e. The molecule has 2 aliphatic rings. The van der Waals surface area contributed by atoms with E-state index in [1.807, 2.05) is 0 Å². The minimum Gasteiger partial charge on any atom is -0.349 e. The molecule has 0 aliphatic heterocycles. The molecule has 2 N–H and O–H groups in total. The average molecular weight is 556 g/mol. The highest BCUT2D eigenvalue weighted by Gasteiger charge is 2.28. The van der Waals surface area contributed by atoms with Gasteiger partial charge in [-0.25, -0.2) is 0 Å². The van der Waals surface area contributed by atoms with Gasteiger partial charge >= 0.3 is 0 Å². The number of benzene rings is 2. The van der Waals surface area contributed by atoms with Gasteiger partial charge in [0.1, 0.15) is 0 Å². The molecule has 0 aromatic heterocycles. The Morgan fingerprint density at radius 1 is 0.600 bits per heavy atom. The molecule has 0 saturated heterocycles. The van der Waals surface area contributed by atoms with Crippen LogP contribution in [0.2, 0.25) is 20.1 Å². The molecule has 35 heavy (non-hydrogen) atoms. The van der Waals surface area contributed by atoms with Crippen molar-refractivity contribution in [3.05, 3.63) is 67.6 Å². The summed E-state index contributed by atoms with van der Waals surface area (Å²) < 4.78 is 0. The van der Waals surface area contributed by atoms with E-state index in [0.717, 1.165) is 51.4 Å². The molecule has 2 saturated carbocycles. The second-order valence-electron chi connectivity index (χ2n) is 9.88. The Labute approximate surface area is 227 Å². The highest BCUT2D eigenvalue weighted by molar-refractivity contribution is 6.42. The molecule has 2 aromatic carbocycles. The summed E-state index contributed by atoms with van der Waals surface area (Å²) in [5.74, 6) is 1.24. The Balaban J connectivity index is 1.16. The number of amides is 2. The minimum atomic E-state index is -0.0896. The maximum atomic E-state index is 12.5. The van der Waals surface area contributed by atoms with Gasteiger partial charge in [-0.2, -0.15) is 0 Å². The van der Waals surface area contributed by atoms with Crippen molar-refractivity contribution in [3.8, 4) is 0 Å². The van der Waals surface area contributed by atoms with E-state index < -0.39 is 0 Å². The van der Waals surface area contributed by atoms with Crippen molar-refractivity contribution in [2.75, 3.05) is 0 Å². The van der Waals surface area contributed by atoms with E-state index in [2.05, 4.69) is 10.6 Å². The van der Waals surface area contributed by atoms with Gasteiger partial charge in [0.25, 0.3) is 11.8 Å². The summed E-state index contributed by atoms with van der Waals surface area (Å²) >= 11 is 24.0. The van der Waals surface area contributed by atoms with Gasteiger partial charge in [-0.1, -0.05) is 46.4 Å². The van der Waals surface area contributed by atoms with Gasteiger partial charge in [0.05, 0.1) is 20.1 Å². The summed E-state index contributed by atoms with van der Waals surface area (Å²) in [5, 5.41) is 8.00. The van der Waals surface area contributed by atoms with E-state index in [4.69, 9.17) is 46.4 Å². The van der Waals surface area contributed by atoms with Gasteiger partial charge < -0.3 is 10.6 Å². The first kappa shape index (κ1) is 26.6. The zero-order chi connectivity index (χ0) is 24.9. The number of carbonyl (C=O) groups is 2. The molecule has 0 bridgehead atoms. The van der Waals surface area contributed by atoms with Crippen molar-refractivity contribution in [3.63, 3.8) is 0 Å². The molecule has 0 spiro atoms. The summed E-state index contributed by atoms with van der Waals surface area (Å²) in [5.41, 5.74) is 1.09. The van der Waals surface area contributed by atoms with Crippen molar-refractivity contribution in [1.29, 1.82) is 0 Å². The summed E-state index contributed by atoms with van der Waals surface area (Å²) in [6.45, 7) is 0. The number of rotatable bonds is 6. The lowest BCUT2D eigenvalue weighted by atomic mass is 9.75. The van der Waals surface area contributed by atoms with Crippen LogP contribution >= 0.6 is 46.4 Å². The molecule has 2 amide bonds. The molecular weight excluding hydrogens is 526 g/mol. The van der Waals surface area contributed by atoms with Crippen LogP contribution in [0.25, 0.3) is 0 Å². The predicted octanol–water partition coefficient (Wildman–Crippen LogP) is 7.97. The Bertz CT molecular complexity index is 978. The monoisotopic (exact) mass is 554 g/mol. The van der Waals surface area contributed by atoms with E-state index in [1.54, 1.807) is 36.4 Å². The molecule has 4 nitrogen and oxygen atoms in total. The van der Waals surface area contributed by atoms with Crippen molar-refractivity contribution >= 4 is 58.2 Å². The molecule has 0 atom stereocenters. The van der Waals surface area contributed by atoms with Crippen molar-refractivity contribution in [2.45, 2.75) is 69.9 Å². The van der Waals surface area contributed by atoms with Gasteiger partial charge in [-0.15, -0.1) is 0 Å². The highest BCUT2D eigenvalue weighted by atomic mass is 35.5. The van der Waals surface area contributed by atoms with Crippen LogP contribution in [0.5, 0.6) is 0 Å². The third kappa shape index (κ3) is 7.29. The standard InChI is InChI=1S/C27H30Cl4N2O2/c28-22-11-5-18(14-24(22)30)26(34)32-20-7-1-16(2-8-20)13-17-3-9-21(10-4-17)33-27(35)19-6-12-23(29)25(31)15-19/h5-6,11-12,14-17,20-21H,1-4,7-10,13H2,(H,32,34)(H,33,35). The van der Waals surface area contributed by atoms with Crippen LogP contribution in [0, 0.1) is 11.8 Å². The molecule has 0 heterocycles. The molecule has 8 heteroatoms. The van der Waals surface area contributed by atoms with E-state index in [9.17, 15) is 9.59 Å². The van der Waals surface area contributed by atoms with E-state index >= 15 is 0 Å². The van der Waals surface area contributed by atoms with Gasteiger partial charge in [-0.3, -0.25) is 9.59 Å². The molecule has 4 rings (SSSR count). The molecule has 0 radical (unpaired) electrons. The Morgan fingerprint density at radius 3 is 1.31 bits per heavy atom. The van der Waals surface area contributed by atoms with E-state index in [0.29, 0.717) is 43.1 Å². The highest BCUT2D eigenvalue weighted by Crippen LogP contribution is 2.36. The summed E-state index contributed by atoms with van der Waals surface area (Å²) in [4.78, 5) is 25.1. The Morgan fingerprint density at radius 2 is 0.971 bits per heavy atom. The fourth-order valence-corrected chi connectivity index (χ4v) is 5.96. The van der Waals surface area contributed by atoms with Gasteiger partial charge in [0.15, 0.2) is 0 Å².